The Kier molecular flexibility index (Phi) is 5.39. The van der Waals surface area contributed by atoms with Gasteiger partial charge in [-0.25, -0.2) is 4.98 Å². The van der Waals surface area contributed by atoms with Crippen LogP contribution in [0.2, 0.25) is 0 Å². The Balaban J connectivity index is 1.35. The highest BCUT2D eigenvalue weighted by atomic mass is 32.1. The molecule has 2 aromatic heterocycles. The van der Waals surface area contributed by atoms with Gasteiger partial charge >= 0.3 is 0 Å². The standard InChI is InChI=1S/C22H21N3O2S/c1-27-19-10-7-16(8-11-19)13-23-21(26)12-9-18-15-28-22-24-20(14-25(18)22)17-5-3-2-4-6-17/h2-8,10-11,14-15H,9,12-13H2,1H3,(H,23,26). The molecule has 0 aliphatic heterocycles. The molecule has 4 aromatic rings. The zero-order chi connectivity index (χ0) is 19.3. The largest absolute Gasteiger partial charge is 0.497 e. The number of nitrogens with one attached hydrogen (secondary N) is 1. The Labute approximate surface area is 167 Å². The summed E-state index contributed by atoms with van der Waals surface area (Å²) in [6, 6.07) is 17.8. The molecule has 2 aromatic carbocycles. The number of carbonyl (C=O) groups is 1. The Bertz CT molecular complexity index is 1070. The van der Waals surface area contributed by atoms with Gasteiger partial charge in [0.15, 0.2) is 4.96 Å². The zero-order valence-electron chi connectivity index (χ0n) is 15.6. The molecule has 0 aliphatic carbocycles. The molecule has 0 saturated heterocycles. The summed E-state index contributed by atoms with van der Waals surface area (Å²) in [6.45, 7) is 0.519. The number of hydrogen-bond donors (Lipinski definition) is 1. The Morgan fingerprint density at radius 1 is 1.14 bits per heavy atom. The van der Waals surface area contributed by atoms with E-state index < -0.39 is 0 Å². The number of amides is 1. The summed E-state index contributed by atoms with van der Waals surface area (Å²) in [5, 5.41) is 5.05. The van der Waals surface area contributed by atoms with Crippen molar-refractivity contribution in [1.29, 1.82) is 0 Å². The van der Waals surface area contributed by atoms with Gasteiger partial charge in [0.25, 0.3) is 0 Å². The summed E-state index contributed by atoms with van der Waals surface area (Å²) in [7, 11) is 1.64. The van der Waals surface area contributed by atoms with E-state index in [1.807, 2.05) is 48.7 Å². The van der Waals surface area contributed by atoms with Crippen LogP contribution < -0.4 is 10.1 Å². The van der Waals surface area contributed by atoms with Crippen LogP contribution in [0.3, 0.4) is 0 Å². The van der Waals surface area contributed by atoms with E-state index in [0.29, 0.717) is 19.4 Å². The highest BCUT2D eigenvalue weighted by molar-refractivity contribution is 7.15. The molecule has 2 heterocycles. The van der Waals surface area contributed by atoms with E-state index in [9.17, 15) is 4.79 Å². The molecular weight excluding hydrogens is 370 g/mol. The van der Waals surface area contributed by atoms with E-state index in [2.05, 4.69) is 27.2 Å². The molecule has 0 unspecified atom stereocenters. The molecule has 0 aliphatic rings. The van der Waals surface area contributed by atoms with Crippen molar-refractivity contribution in [3.05, 3.63) is 77.4 Å². The molecule has 0 fully saturated rings. The van der Waals surface area contributed by atoms with E-state index in [-0.39, 0.29) is 5.91 Å². The summed E-state index contributed by atoms with van der Waals surface area (Å²) < 4.78 is 7.23. The van der Waals surface area contributed by atoms with Crippen molar-refractivity contribution < 1.29 is 9.53 Å². The van der Waals surface area contributed by atoms with Crippen LogP contribution in [0.5, 0.6) is 5.75 Å². The van der Waals surface area contributed by atoms with Crippen molar-refractivity contribution >= 4 is 22.2 Å². The van der Waals surface area contributed by atoms with Crippen LogP contribution in [0.4, 0.5) is 0 Å². The topological polar surface area (TPSA) is 55.6 Å². The first-order valence-electron chi connectivity index (χ1n) is 9.13. The molecule has 142 valence electrons. The second kappa shape index (κ2) is 8.27. The van der Waals surface area contributed by atoms with Crippen molar-refractivity contribution in [2.45, 2.75) is 19.4 Å². The SMILES string of the molecule is COc1ccc(CNC(=O)CCc2csc3nc(-c4ccccc4)cn23)cc1. The van der Waals surface area contributed by atoms with Crippen LogP contribution in [-0.2, 0) is 17.8 Å². The van der Waals surface area contributed by atoms with Gasteiger partial charge in [-0.2, -0.15) is 0 Å². The van der Waals surface area contributed by atoms with E-state index in [1.54, 1.807) is 18.4 Å². The second-order valence-corrected chi connectivity index (χ2v) is 7.33. The first kappa shape index (κ1) is 18.3. The maximum atomic E-state index is 12.2. The number of aromatic nitrogens is 2. The Morgan fingerprint density at radius 2 is 1.93 bits per heavy atom. The molecular formula is C22H21N3O2S. The zero-order valence-corrected chi connectivity index (χ0v) is 16.4. The van der Waals surface area contributed by atoms with Gasteiger partial charge in [0.1, 0.15) is 5.75 Å². The van der Waals surface area contributed by atoms with Gasteiger partial charge in [0.2, 0.25) is 5.91 Å². The number of rotatable bonds is 7. The number of carbonyl (C=O) groups excluding carboxylic acids is 1. The molecule has 0 atom stereocenters. The molecule has 1 amide bonds. The lowest BCUT2D eigenvalue weighted by molar-refractivity contribution is -0.121. The predicted octanol–water partition coefficient (Wildman–Crippen LogP) is 4.32. The van der Waals surface area contributed by atoms with Crippen LogP contribution in [0.15, 0.2) is 66.2 Å². The maximum Gasteiger partial charge on any atom is 0.220 e. The van der Waals surface area contributed by atoms with Crippen LogP contribution in [0.1, 0.15) is 17.7 Å². The number of ether oxygens (including phenoxy) is 1. The van der Waals surface area contributed by atoms with Crippen molar-refractivity contribution in [2.24, 2.45) is 0 Å². The Morgan fingerprint density at radius 3 is 2.68 bits per heavy atom. The number of benzene rings is 2. The van der Waals surface area contributed by atoms with Crippen LogP contribution >= 0.6 is 11.3 Å². The summed E-state index contributed by atoms with van der Waals surface area (Å²) in [5.41, 5.74) is 4.21. The molecule has 0 radical (unpaired) electrons. The van der Waals surface area contributed by atoms with Crippen molar-refractivity contribution in [3.8, 4) is 17.0 Å². The maximum absolute atomic E-state index is 12.2. The third-order valence-electron chi connectivity index (χ3n) is 4.61. The molecule has 1 N–H and O–H groups in total. The highest BCUT2D eigenvalue weighted by Gasteiger charge is 2.11. The van der Waals surface area contributed by atoms with Gasteiger partial charge in [0, 0.05) is 35.8 Å². The molecule has 0 bridgehead atoms. The van der Waals surface area contributed by atoms with E-state index in [1.165, 1.54) is 0 Å². The second-order valence-electron chi connectivity index (χ2n) is 6.50. The fourth-order valence-corrected chi connectivity index (χ4v) is 3.94. The van der Waals surface area contributed by atoms with Crippen molar-refractivity contribution in [2.75, 3.05) is 7.11 Å². The summed E-state index contributed by atoms with van der Waals surface area (Å²) in [4.78, 5) is 17.9. The minimum Gasteiger partial charge on any atom is -0.497 e. The monoisotopic (exact) mass is 391 g/mol. The van der Waals surface area contributed by atoms with Crippen molar-refractivity contribution in [3.63, 3.8) is 0 Å². The normalized spacial score (nSPS) is 10.9. The van der Waals surface area contributed by atoms with Crippen LogP contribution in [0.25, 0.3) is 16.2 Å². The van der Waals surface area contributed by atoms with Gasteiger partial charge < -0.3 is 10.1 Å². The molecule has 28 heavy (non-hydrogen) atoms. The molecule has 0 spiro atoms. The first-order valence-corrected chi connectivity index (χ1v) is 10.0. The van der Waals surface area contributed by atoms with E-state index in [4.69, 9.17) is 9.72 Å². The fraction of sp³-hybridized carbons (Fsp3) is 0.182. The number of thiazole rings is 1. The number of aryl methyl sites for hydroxylation is 1. The lowest BCUT2D eigenvalue weighted by atomic mass is 10.2. The quantitative estimate of drug-likeness (QED) is 0.510. The van der Waals surface area contributed by atoms with Gasteiger partial charge in [-0.05, 0) is 24.1 Å². The number of nitrogens with zero attached hydrogens (tertiary/aromatic N) is 2. The fourth-order valence-electron chi connectivity index (χ4n) is 3.03. The number of fused-ring (bicyclic) bond motifs is 1. The van der Waals surface area contributed by atoms with Gasteiger partial charge in [-0.15, -0.1) is 11.3 Å². The number of imidazole rings is 1. The molecule has 0 saturated carbocycles. The summed E-state index contributed by atoms with van der Waals surface area (Å²) >= 11 is 1.60. The first-order chi connectivity index (χ1) is 13.7. The predicted molar refractivity (Wildman–Crippen MR) is 112 cm³/mol. The van der Waals surface area contributed by atoms with Gasteiger partial charge in [-0.3, -0.25) is 9.20 Å². The van der Waals surface area contributed by atoms with Gasteiger partial charge in [0.05, 0.1) is 12.8 Å². The third-order valence-corrected chi connectivity index (χ3v) is 5.50. The third kappa shape index (κ3) is 4.07. The Hall–Kier alpha value is -3.12. The smallest absolute Gasteiger partial charge is 0.220 e. The van der Waals surface area contributed by atoms with Crippen LogP contribution in [-0.4, -0.2) is 22.4 Å². The summed E-state index contributed by atoms with van der Waals surface area (Å²) in [5.74, 6) is 0.852. The minimum atomic E-state index is 0.0403. The van der Waals surface area contributed by atoms with E-state index in [0.717, 1.165) is 33.2 Å². The minimum absolute atomic E-state index is 0.0403. The molecule has 4 rings (SSSR count). The van der Waals surface area contributed by atoms with Crippen molar-refractivity contribution in [1.82, 2.24) is 14.7 Å². The average molecular weight is 391 g/mol. The number of methoxy groups -OCH3 is 1. The molecule has 5 nitrogen and oxygen atoms in total. The number of hydrogen-bond acceptors (Lipinski definition) is 4. The highest BCUT2D eigenvalue weighted by Crippen LogP contribution is 2.24. The lowest BCUT2D eigenvalue weighted by Crippen LogP contribution is -2.23. The van der Waals surface area contributed by atoms with E-state index >= 15 is 0 Å². The van der Waals surface area contributed by atoms with Crippen LogP contribution in [0, 0.1) is 0 Å². The lowest BCUT2D eigenvalue weighted by Gasteiger charge is -2.06. The van der Waals surface area contributed by atoms with Gasteiger partial charge in [-0.1, -0.05) is 42.5 Å². The molecule has 6 heteroatoms. The average Bonchev–Trinajstić information content (AvgIpc) is 3.33. The summed E-state index contributed by atoms with van der Waals surface area (Å²) in [6.07, 6.45) is 3.17.